The average molecular weight is 567 g/mol. The third kappa shape index (κ3) is 8.38. The number of nitrogens with one attached hydrogen (secondary N) is 3. The fraction of sp³-hybridized carbons (Fsp3) is 0.0645. The van der Waals surface area contributed by atoms with Crippen LogP contribution in [-0.2, 0) is 9.59 Å². The minimum atomic E-state index is -1.07. The van der Waals surface area contributed by atoms with Crippen molar-refractivity contribution < 1.29 is 24.3 Å². The van der Waals surface area contributed by atoms with Crippen LogP contribution in [0.4, 0.5) is 11.4 Å². The Labute approximate surface area is 240 Å². The smallest absolute Gasteiger partial charge is 0.335 e. The number of thioether (sulfide) groups is 1. The highest BCUT2D eigenvalue weighted by molar-refractivity contribution is 8.00. The molecule has 10 heteroatoms. The SMILES string of the molecule is Cc1ccc(C(=O)O)cc1NC(=O)CSc1ccc(NC(=O)/C(=C/c2cccnc2)NC(=O)c2ccccc2)cc1. The van der Waals surface area contributed by atoms with Gasteiger partial charge >= 0.3 is 5.97 Å². The van der Waals surface area contributed by atoms with E-state index in [1.165, 1.54) is 23.9 Å². The van der Waals surface area contributed by atoms with Gasteiger partial charge in [-0.25, -0.2) is 4.79 Å². The summed E-state index contributed by atoms with van der Waals surface area (Å²) in [6, 6.07) is 23.5. The molecule has 0 fully saturated rings. The molecular formula is C31H26N4O5S. The fourth-order valence-electron chi connectivity index (χ4n) is 3.63. The molecule has 3 aromatic carbocycles. The van der Waals surface area contributed by atoms with Crippen LogP contribution in [0.15, 0.2) is 108 Å². The van der Waals surface area contributed by atoms with Gasteiger partial charge in [0, 0.05) is 34.2 Å². The summed E-state index contributed by atoms with van der Waals surface area (Å²) < 4.78 is 0. The van der Waals surface area contributed by atoms with Crippen molar-refractivity contribution in [3.63, 3.8) is 0 Å². The Morgan fingerprint density at radius 3 is 2.32 bits per heavy atom. The highest BCUT2D eigenvalue weighted by Crippen LogP contribution is 2.22. The highest BCUT2D eigenvalue weighted by Gasteiger charge is 2.15. The molecule has 4 rings (SSSR count). The molecule has 41 heavy (non-hydrogen) atoms. The first-order valence-electron chi connectivity index (χ1n) is 12.4. The first kappa shape index (κ1) is 28.8. The zero-order valence-corrected chi connectivity index (χ0v) is 22.8. The molecule has 0 saturated carbocycles. The van der Waals surface area contributed by atoms with E-state index in [0.29, 0.717) is 22.5 Å². The predicted molar refractivity (Wildman–Crippen MR) is 159 cm³/mol. The lowest BCUT2D eigenvalue weighted by molar-refractivity contribution is -0.114. The van der Waals surface area contributed by atoms with E-state index in [9.17, 15) is 24.3 Å². The van der Waals surface area contributed by atoms with Gasteiger partial charge in [-0.15, -0.1) is 11.8 Å². The topological polar surface area (TPSA) is 137 Å². The van der Waals surface area contributed by atoms with E-state index >= 15 is 0 Å². The first-order valence-corrected chi connectivity index (χ1v) is 13.4. The Morgan fingerprint density at radius 1 is 0.878 bits per heavy atom. The number of pyridine rings is 1. The number of amides is 3. The van der Waals surface area contributed by atoms with Crippen molar-refractivity contribution in [1.82, 2.24) is 10.3 Å². The maximum absolute atomic E-state index is 13.1. The molecule has 0 aliphatic heterocycles. The quantitative estimate of drug-likeness (QED) is 0.152. The van der Waals surface area contributed by atoms with Gasteiger partial charge in [-0.3, -0.25) is 19.4 Å². The number of aromatic nitrogens is 1. The van der Waals surface area contributed by atoms with Crippen molar-refractivity contribution in [2.45, 2.75) is 11.8 Å². The summed E-state index contributed by atoms with van der Waals surface area (Å²) in [6.45, 7) is 1.78. The molecule has 206 valence electrons. The summed E-state index contributed by atoms with van der Waals surface area (Å²) in [4.78, 5) is 54.4. The van der Waals surface area contributed by atoms with Gasteiger partial charge in [-0.05, 0) is 78.7 Å². The third-order valence-corrected chi connectivity index (χ3v) is 6.78. The van der Waals surface area contributed by atoms with Gasteiger partial charge in [0.1, 0.15) is 5.70 Å². The van der Waals surface area contributed by atoms with E-state index < -0.39 is 17.8 Å². The van der Waals surface area contributed by atoms with E-state index in [4.69, 9.17) is 0 Å². The molecule has 0 bridgehead atoms. The number of rotatable bonds is 10. The zero-order chi connectivity index (χ0) is 29.2. The summed E-state index contributed by atoms with van der Waals surface area (Å²) in [7, 11) is 0. The van der Waals surface area contributed by atoms with E-state index in [1.54, 1.807) is 98.2 Å². The predicted octanol–water partition coefficient (Wildman–Crippen LogP) is 5.23. The molecule has 0 unspecified atom stereocenters. The van der Waals surface area contributed by atoms with Crippen LogP contribution in [0.1, 0.15) is 31.8 Å². The molecular weight excluding hydrogens is 540 g/mol. The Morgan fingerprint density at radius 2 is 1.63 bits per heavy atom. The molecule has 4 aromatic rings. The Hall–Kier alpha value is -5.22. The highest BCUT2D eigenvalue weighted by atomic mass is 32.2. The number of aryl methyl sites for hydroxylation is 1. The van der Waals surface area contributed by atoms with Crippen LogP contribution in [0.5, 0.6) is 0 Å². The van der Waals surface area contributed by atoms with Gasteiger partial charge in [0.25, 0.3) is 11.8 Å². The van der Waals surface area contributed by atoms with Gasteiger partial charge < -0.3 is 21.1 Å². The molecule has 0 aliphatic rings. The van der Waals surface area contributed by atoms with Crippen LogP contribution in [0, 0.1) is 6.92 Å². The summed E-state index contributed by atoms with van der Waals surface area (Å²) in [5.41, 5.74) is 2.89. The lowest BCUT2D eigenvalue weighted by Crippen LogP contribution is -2.30. The molecule has 0 saturated heterocycles. The standard InChI is InChI=1S/C31H26N4O5S/c1-20-9-10-23(31(39)40)17-26(20)34-28(36)19-41-25-13-11-24(12-14-25)33-30(38)27(16-21-6-5-15-32-18-21)35-29(37)22-7-3-2-4-8-22/h2-18H,19H2,1H3,(H,33,38)(H,34,36)(H,35,37)(H,39,40)/b27-16-. The molecule has 0 atom stereocenters. The van der Waals surface area contributed by atoms with Gasteiger partial charge in [0.2, 0.25) is 5.91 Å². The average Bonchev–Trinajstić information content (AvgIpc) is 2.98. The van der Waals surface area contributed by atoms with E-state index in [0.717, 1.165) is 10.5 Å². The Kier molecular flexibility index (Phi) is 9.63. The van der Waals surface area contributed by atoms with Gasteiger partial charge in [0.15, 0.2) is 0 Å². The van der Waals surface area contributed by atoms with Crippen LogP contribution < -0.4 is 16.0 Å². The largest absolute Gasteiger partial charge is 0.478 e. The van der Waals surface area contributed by atoms with Gasteiger partial charge in [-0.1, -0.05) is 30.3 Å². The number of hydrogen-bond acceptors (Lipinski definition) is 6. The lowest BCUT2D eigenvalue weighted by atomic mass is 10.1. The first-order chi connectivity index (χ1) is 19.8. The molecule has 0 spiro atoms. The number of nitrogens with zero attached hydrogens (tertiary/aromatic N) is 1. The second-order valence-corrected chi connectivity index (χ2v) is 9.86. The van der Waals surface area contributed by atoms with Crippen molar-refractivity contribution in [2.75, 3.05) is 16.4 Å². The Bertz CT molecular complexity index is 1590. The molecule has 0 radical (unpaired) electrons. The van der Waals surface area contributed by atoms with Crippen LogP contribution in [-0.4, -0.2) is 39.5 Å². The molecule has 3 amide bonds. The molecule has 9 nitrogen and oxygen atoms in total. The van der Waals surface area contributed by atoms with Crippen molar-refractivity contribution in [2.24, 2.45) is 0 Å². The van der Waals surface area contributed by atoms with Crippen LogP contribution in [0.25, 0.3) is 6.08 Å². The van der Waals surface area contributed by atoms with Gasteiger partial charge in [-0.2, -0.15) is 0 Å². The number of aromatic carboxylic acids is 1. The lowest BCUT2D eigenvalue weighted by Gasteiger charge is -2.12. The fourth-order valence-corrected chi connectivity index (χ4v) is 4.33. The minimum absolute atomic E-state index is 0.0456. The second-order valence-electron chi connectivity index (χ2n) is 8.81. The third-order valence-electron chi connectivity index (χ3n) is 5.76. The number of carbonyl (C=O) groups excluding carboxylic acids is 3. The molecule has 0 aliphatic carbocycles. The number of carboxylic acids is 1. The van der Waals surface area contributed by atoms with Crippen LogP contribution in [0.3, 0.4) is 0 Å². The molecule has 4 N–H and O–H groups in total. The minimum Gasteiger partial charge on any atom is -0.478 e. The summed E-state index contributed by atoms with van der Waals surface area (Å²) >= 11 is 1.29. The monoisotopic (exact) mass is 566 g/mol. The van der Waals surface area contributed by atoms with E-state index in [1.807, 2.05) is 0 Å². The number of carbonyl (C=O) groups is 4. The maximum atomic E-state index is 13.1. The van der Waals surface area contributed by atoms with Gasteiger partial charge in [0.05, 0.1) is 11.3 Å². The summed E-state index contributed by atoms with van der Waals surface area (Å²) in [5, 5.41) is 17.4. The zero-order valence-electron chi connectivity index (χ0n) is 22.0. The van der Waals surface area contributed by atoms with Crippen molar-refractivity contribution >= 4 is 52.9 Å². The summed E-state index contributed by atoms with van der Waals surface area (Å²) in [6.07, 6.45) is 4.73. The number of anilines is 2. The number of hydrogen-bond donors (Lipinski definition) is 4. The number of carboxylic acid groups (broad SMARTS) is 1. The Balaban J connectivity index is 1.38. The van der Waals surface area contributed by atoms with Crippen LogP contribution in [0.2, 0.25) is 0 Å². The van der Waals surface area contributed by atoms with Crippen molar-refractivity contribution in [3.8, 4) is 0 Å². The molecule has 1 heterocycles. The van der Waals surface area contributed by atoms with E-state index in [-0.39, 0.29) is 22.9 Å². The molecule has 1 aromatic heterocycles. The normalized spacial score (nSPS) is 10.9. The van der Waals surface area contributed by atoms with Crippen LogP contribution >= 0.6 is 11.8 Å². The maximum Gasteiger partial charge on any atom is 0.335 e. The summed E-state index contributed by atoms with van der Waals surface area (Å²) in [5.74, 6) is -2.19. The number of benzene rings is 3. The van der Waals surface area contributed by atoms with Crippen molar-refractivity contribution in [3.05, 3.63) is 125 Å². The van der Waals surface area contributed by atoms with E-state index in [2.05, 4.69) is 20.9 Å². The van der Waals surface area contributed by atoms with Crippen molar-refractivity contribution in [1.29, 1.82) is 0 Å². The second kappa shape index (κ2) is 13.7.